The van der Waals surface area contributed by atoms with Crippen molar-refractivity contribution in [3.63, 3.8) is 0 Å². The minimum absolute atomic E-state index is 0. The average molecular weight is 668 g/mol. The quantitative estimate of drug-likeness (QED) is 0.0705. The Balaban J connectivity index is 0.00000200. The van der Waals surface area contributed by atoms with Crippen molar-refractivity contribution in [2.45, 2.75) is 105 Å². The Hall–Kier alpha value is 0.257. The first-order chi connectivity index (χ1) is 17.7. The van der Waals surface area contributed by atoms with Gasteiger partial charge in [0.05, 0.1) is 0 Å². The molecule has 4 heteroatoms. The second-order valence-corrected chi connectivity index (χ2v) is 11.2. The van der Waals surface area contributed by atoms with Crippen molar-refractivity contribution in [2.75, 3.05) is 0 Å². The summed E-state index contributed by atoms with van der Waals surface area (Å²) in [5.74, 6) is 0. The molecule has 0 atom stereocenters. The molecule has 0 radical (unpaired) electrons. The smallest absolute Gasteiger partial charge is 0 e. The molecule has 0 heterocycles. The molecule has 0 unspecified atom stereocenters. The third-order valence-corrected chi connectivity index (χ3v) is 8.19. The molecule has 204 valence electrons. The van der Waals surface area contributed by atoms with Crippen molar-refractivity contribution in [1.29, 1.82) is 0 Å². The summed E-state index contributed by atoms with van der Waals surface area (Å²) in [6, 6.07) is 20.2. The van der Waals surface area contributed by atoms with Gasteiger partial charge in [-0.05, 0) is 117 Å². The van der Waals surface area contributed by atoms with E-state index in [2.05, 4.69) is 76.2 Å². The van der Waals surface area contributed by atoms with Crippen LogP contribution in [0.25, 0.3) is 43.1 Å². The van der Waals surface area contributed by atoms with Crippen molar-refractivity contribution in [3.8, 4) is 0 Å². The van der Waals surface area contributed by atoms with Crippen LogP contribution in [0.4, 0.5) is 0 Å². The summed E-state index contributed by atoms with van der Waals surface area (Å²) in [5.41, 5.74) is 6.03. The molecule has 5 aromatic carbocycles. The van der Waals surface area contributed by atoms with Crippen LogP contribution >= 0.6 is 0 Å². The molecule has 0 aliphatic rings. The zero-order valence-corrected chi connectivity index (χ0v) is 31.4. The van der Waals surface area contributed by atoms with E-state index in [-0.39, 0.29) is 86.9 Å². The number of fused-ring (bicyclic) bond motifs is 2. The van der Waals surface area contributed by atoms with E-state index in [4.69, 9.17) is 0 Å². The molecule has 0 saturated heterocycles. The van der Waals surface area contributed by atoms with E-state index in [1.165, 1.54) is 142 Å². The molecule has 40 heavy (non-hydrogen) atoms. The molecular weight excluding hydrogens is 624 g/mol. The maximum Gasteiger partial charge on any atom is 0 e. The first-order valence-corrected chi connectivity index (χ1v) is 14.9. The van der Waals surface area contributed by atoms with Gasteiger partial charge in [-0.2, -0.15) is 0 Å². The van der Waals surface area contributed by atoms with Crippen LogP contribution in [0.3, 0.4) is 0 Å². The van der Waals surface area contributed by atoms with Gasteiger partial charge in [-0.3, -0.25) is 0 Å². The Morgan fingerprint density at radius 1 is 0.350 bits per heavy atom. The second-order valence-electron chi connectivity index (χ2n) is 11.2. The number of benzene rings is 5. The topological polar surface area (TPSA) is 0 Å². The monoisotopic (exact) mass is 668 g/mol. The third kappa shape index (κ3) is 8.24. The van der Waals surface area contributed by atoms with Gasteiger partial charge in [0.1, 0.15) is 0 Å². The Kier molecular flexibility index (Phi) is 17.4. The second kappa shape index (κ2) is 18.2. The molecule has 0 fully saturated rings. The molecule has 0 nitrogen and oxygen atoms in total. The summed E-state index contributed by atoms with van der Waals surface area (Å²) in [4.78, 5) is 0. The number of aryl methyl sites for hydroxylation is 4. The van der Waals surface area contributed by atoms with Crippen LogP contribution in [0.2, 0.25) is 0 Å². The Labute approximate surface area is 302 Å². The normalized spacial score (nSPS) is 10.9. The van der Waals surface area contributed by atoms with Gasteiger partial charge in [0.2, 0.25) is 0 Å². The van der Waals surface area contributed by atoms with Crippen LogP contribution in [-0.2, 0) is 113 Å². The number of rotatable bonds is 12. The van der Waals surface area contributed by atoms with Gasteiger partial charge >= 0.3 is 0 Å². The van der Waals surface area contributed by atoms with Crippen LogP contribution in [0.1, 0.15) is 101 Å². The van der Waals surface area contributed by atoms with Crippen LogP contribution in [-0.4, -0.2) is 0 Å². The Bertz CT molecular complexity index is 1270. The zero-order chi connectivity index (χ0) is 25.1. The van der Waals surface area contributed by atoms with Crippen LogP contribution in [0.15, 0.2) is 48.5 Å². The minimum Gasteiger partial charge on any atom is -0.0654 e. The molecule has 0 bridgehead atoms. The van der Waals surface area contributed by atoms with E-state index in [9.17, 15) is 0 Å². The van der Waals surface area contributed by atoms with Crippen molar-refractivity contribution in [2.24, 2.45) is 0 Å². The van der Waals surface area contributed by atoms with E-state index in [1.54, 1.807) is 0 Å². The number of unbranched alkanes of at least 4 members (excludes halogenated alkanes) is 4. The van der Waals surface area contributed by atoms with Crippen LogP contribution in [0.5, 0.6) is 0 Å². The van der Waals surface area contributed by atoms with E-state index in [0.717, 1.165) is 0 Å². The molecule has 0 N–H and O–H groups in total. The van der Waals surface area contributed by atoms with E-state index in [1.807, 2.05) is 0 Å². The maximum atomic E-state index is 2.54. The molecule has 0 amide bonds. The van der Waals surface area contributed by atoms with Crippen molar-refractivity contribution < 1.29 is 86.9 Å². The molecule has 0 spiro atoms. The minimum atomic E-state index is 0. The number of hydrogen-bond donors (Lipinski definition) is 0. The first-order valence-electron chi connectivity index (χ1n) is 14.9. The molecule has 0 saturated carbocycles. The summed E-state index contributed by atoms with van der Waals surface area (Å²) in [5, 5.41) is 11.8. The summed E-state index contributed by atoms with van der Waals surface area (Å²) in [6.07, 6.45) is 14.7. The van der Waals surface area contributed by atoms with Gasteiger partial charge in [-0.15, -0.1) is 0 Å². The maximum absolute atomic E-state index is 2.54. The first kappa shape index (κ1) is 38.3. The van der Waals surface area contributed by atoms with Crippen molar-refractivity contribution >= 4 is 43.1 Å². The van der Waals surface area contributed by atoms with Crippen LogP contribution in [0, 0.1) is 0 Å². The fourth-order valence-corrected chi connectivity index (χ4v) is 6.23. The number of hydrogen-bond acceptors (Lipinski definition) is 0. The van der Waals surface area contributed by atoms with E-state index < -0.39 is 0 Å². The van der Waals surface area contributed by atoms with E-state index in [0.29, 0.717) is 0 Å². The molecule has 5 aromatic rings. The Morgan fingerprint density at radius 3 is 0.775 bits per heavy atom. The molecule has 0 aromatic heterocycles. The predicted octanol–water partition coefficient (Wildman–Crippen LogP) is 11.1. The van der Waals surface area contributed by atoms with Gasteiger partial charge in [0.15, 0.2) is 0 Å². The zero-order valence-electron chi connectivity index (χ0n) is 25.1. The SMILES string of the molecule is CCCCc1cc2cc(CCCC)cc3c4cc(CCCC)cc5cc(CCCC)cc(c(c1)c23)c54.[Ti].[Ti].[Ti].[Ti]. The molecule has 0 aliphatic carbocycles. The summed E-state index contributed by atoms with van der Waals surface area (Å²) in [7, 11) is 0. The van der Waals surface area contributed by atoms with Gasteiger partial charge in [0.25, 0.3) is 0 Å². The van der Waals surface area contributed by atoms with Crippen LogP contribution < -0.4 is 0 Å². The largest absolute Gasteiger partial charge is 0.0654 e. The fourth-order valence-electron chi connectivity index (χ4n) is 6.23. The molecule has 5 rings (SSSR count). The molecule has 0 aliphatic heterocycles. The average Bonchev–Trinajstić information content (AvgIpc) is 2.90. The van der Waals surface area contributed by atoms with Gasteiger partial charge in [-0.25, -0.2) is 0 Å². The summed E-state index contributed by atoms with van der Waals surface area (Å²) in [6.45, 7) is 9.22. The summed E-state index contributed by atoms with van der Waals surface area (Å²) < 4.78 is 0. The summed E-state index contributed by atoms with van der Waals surface area (Å²) >= 11 is 0. The van der Waals surface area contributed by atoms with Crippen molar-refractivity contribution in [1.82, 2.24) is 0 Å². The van der Waals surface area contributed by atoms with Gasteiger partial charge in [-0.1, -0.05) is 102 Å². The fraction of sp³-hybridized carbons (Fsp3) is 0.444. The Morgan fingerprint density at radius 2 is 0.575 bits per heavy atom. The molecular formula is C36H44Ti4. The standard InChI is InChI=1S/C36H44.4Ti/c1-5-9-13-25-17-29-18-26(14-10-6-2)23-33-34-24-28(16-12-8-4)20-30-19-27(15-11-7-3)22-32(36(30)34)31(21-25)35(29)33;;;;/h17-24H,5-16H2,1-4H3;;;;. The predicted molar refractivity (Wildman–Crippen MR) is 162 cm³/mol. The van der Waals surface area contributed by atoms with Gasteiger partial charge < -0.3 is 0 Å². The van der Waals surface area contributed by atoms with Gasteiger partial charge in [0, 0.05) is 86.9 Å². The third-order valence-electron chi connectivity index (χ3n) is 8.19. The van der Waals surface area contributed by atoms with E-state index >= 15 is 0 Å². The van der Waals surface area contributed by atoms with Crippen molar-refractivity contribution in [3.05, 3.63) is 70.8 Å².